The van der Waals surface area contributed by atoms with Crippen molar-refractivity contribution in [3.05, 3.63) is 68.5 Å². The van der Waals surface area contributed by atoms with Crippen LogP contribution in [0, 0.1) is 15.9 Å². The number of nitro benzene ring substituents is 1. The zero-order chi connectivity index (χ0) is 15.4. The van der Waals surface area contributed by atoms with E-state index < -0.39 is 10.7 Å². The number of hydrogen-bond donors (Lipinski definition) is 0. The molecule has 2 rings (SSSR count). The molecule has 0 fully saturated rings. The monoisotopic (exact) mass is 373 g/mol. The van der Waals surface area contributed by atoms with Gasteiger partial charge in [0.1, 0.15) is 12.4 Å². The van der Waals surface area contributed by atoms with Gasteiger partial charge in [-0.15, -0.1) is 0 Å². The fourth-order valence-electron chi connectivity index (χ4n) is 1.73. The van der Waals surface area contributed by atoms with Crippen LogP contribution in [-0.4, -0.2) is 4.92 Å². The molecule has 0 spiro atoms. The molecule has 0 aromatic heterocycles. The van der Waals surface area contributed by atoms with Crippen LogP contribution in [0.15, 0.2) is 36.4 Å². The second kappa shape index (κ2) is 6.87. The van der Waals surface area contributed by atoms with Gasteiger partial charge in [-0.1, -0.05) is 39.7 Å². The summed E-state index contributed by atoms with van der Waals surface area (Å²) in [5.74, 6) is -0.439. The Morgan fingerprint density at radius 2 is 2.10 bits per heavy atom. The molecule has 0 unspecified atom stereocenters. The molecule has 0 N–H and O–H groups in total. The van der Waals surface area contributed by atoms with Crippen LogP contribution in [0.4, 0.5) is 10.1 Å². The highest BCUT2D eigenvalue weighted by Gasteiger charge is 2.17. The van der Waals surface area contributed by atoms with Gasteiger partial charge in [0.25, 0.3) is 0 Å². The average molecular weight is 375 g/mol. The Bertz CT molecular complexity index is 661. The summed E-state index contributed by atoms with van der Waals surface area (Å²) < 4.78 is 19.0. The normalized spacial score (nSPS) is 10.4. The SMILES string of the molecule is O=[N+]([O-])c1cc(CBr)ccc1OCc1c(F)cccc1Cl. The fourth-order valence-corrected chi connectivity index (χ4v) is 2.30. The molecule has 0 radical (unpaired) electrons. The van der Waals surface area contributed by atoms with Crippen molar-refractivity contribution >= 4 is 33.2 Å². The van der Waals surface area contributed by atoms with Gasteiger partial charge in [0.2, 0.25) is 0 Å². The lowest BCUT2D eigenvalue weighted by Gasteiger charge is -2.09. The van der Waals surface area contributed by atoms with E-state index in [0.717, 1.165) is 5.56 Å². The first-order valence-electron chi connectivity index (χ1n) is 5.92. The minimum atomic E-state index is -0.537. The molecule has 2 aromatic carbocycles. The summed E-state index contributed by atoms with van der Waals surface area (Å²) in [5.41, 5.74) is 0.746. The topological polar surface area (TPSA) is 52.4 Å². The smallest absolute Gasteiger partial charge is 0.311 e. The first-order valence-corrected chi connectivity index (χ1v) is 7.42. The van der Waals surface area contributed by atoms with Crippen molar-refractivity contribution in [2.24, 2.45) is 0 Å². The van der Waals surface area contributed by atoms with Crippen LogP contribution in [0.25, 0.3) is 0 Å². The van der Waals surface area contributed by atoms with Crippen LogP contribution in [0.1, 0.15) is 11.1 Å². The number of nitro groups is 1. The van der Waals surface area contributed by atoms with E-state index in [1.54, 1.807) is 6.07 Å². The standard InChI is InChI=1S/C14H10BrClFNO3/c15-7-9-4-5-14(13(6-9)18(19)20)21-8-10-11(16)2-1-3-12(10)17/h1-6H,7-8H2. The summed E-state index contributed by atoms with van der Waals surface area (Å²) in [6.07, 6.45) is 0. The van der Waals surface area contributed by atoms with Crippen LogP contribution in [0.5, 0.6) is 5.75 Å². The number of ether oxygens (including phenoxy) is 1. The molecule has 0 saturated heterocycles. The number of nitrogens with zero attached hydrogens (tertiary/aromatic N) is 1. The van der Waals surface area contributed by atoms with E-state index >= 15 is 0 Å². The number of hydrogen-bond acceptors (Lipinski definition) is 3. The third-order valence-electron chi connectivity index (χ3n) is 2.81. The molecule has 2 aromatic rings. The molecule has 0 amide bonds. The zero-order valence-corrected chi connectivity index (χ0v) is 13.0. The van der Waals surface area contributed by atoms with Gasteiger partial charge in [0.15, 0.2) is 5.75 Å². The lowest BCUT2D eigenvalue weighted by atomic mass is 10.2. The minimum absolute atomic E-state index is 0.0732. The summed E-state index contributed by atoms with van der Waals surface area (Å²) in [4.78, 5) is 10.5. The molecule has 0 aliphatic carbocycles. The van der Waals surface area contributed by atoms with E-state index in [0.29, 0.717) is 5.33 Å². The molecule has 0 aliphatic rings. The van der Waals surface area contributed by atoms with Crippen molar-refractivity contribution in [2.75, 3.05) is 0 Å². The summed E-state index contributed by atoms with van der Waals surface area (Å²) in [5, 5.41) is 11.8. The first kappa shape index (κ1) is 15.7. The molecule has 4 nitrogen and oxygen atoms in total. The van der Waals surface area contributed by atoms with Crippen LogP contribution in [0.2, 0.25) is 5.02 Å². The third kappa shape index (κ3) is 3.71. The Kier molecular flexibility index (Phi) is 5.14. The summed E-state index contributed by atoms with van der Waals surface area (Å²) in [6.45, 7) is -0.181. The van der Waals surface area contributed by atoms with Gasteiger partial charge in [0.05, 0.1) is 9.95 Å². The Balaban J connectivity index is 2.26. The lowest BCUT2D eigenvalue weighted by molar-refractivity contribution is -0.386. The van der Waals surface area contributed by atoms with E-state index in [-0.39, 0.29) is 28.6 Å². The molecular formula is C14H10BrClFNO3. The Morgan fingerprint density at radius 1 is 1.33 bits per heavy atom. The van der Waals surface area contributed by atoms with Crippen molar-refractivity contribution in [2.45, 2.75) is 11.9 Å². The minimum Gasteiger partial charge on any atom is -0.482 e. The average Bonchev–Trinajstić information content (AvgIpc) is 2.46. The number of benzene rings is 2. The van der Waals surface area contributed by atoms with Gasteiger partial charge in [0, 0.05) is 17.0 Å². The third-order valence-corrected chi connectivity index (χ3v) is 3.81. The Hall–Kier alpha value is -1.66. The summed E-state index contributed by atoms with van der Waals surface area (Å²) in [7, 11) is 0. The van der Waals surface area contributed by atoms with Crippen molar-refractivity contribution in [3.8, 4) is 5.75 Å². The predicted molar refractivity (Wildman–Crippen MR) is 81.5 cm³/mol. The van der Waals surface area contributed by atoms with Gasteiger partial charge in [-0.05, 0) is 23.8 Å². The van der Waals surface area contributed by atoms with Gasteiger partial charge < -0.3 is 4.74 Å². The quantitative estimate of drug-likeness (QED) is 0.426. The fraction of sp³-hybridized carbons (Fsp3) is 0.143. The molecule has 110 valence electrons. The lowest BCUT2D eigenvalue weighted by Crippen LogP contribution is -2.02. The van der Waals surface area contributed by atoms with Gasteiger partial charge in [-0.3, -0.25) is 10.1 Å². The molecule has 0 bridgehead atoms. The summed E-state index contributed by atoms with van der Waals surface area (Å²) in [6, 6.07) is 8.86. The van der Waals surface area contributed by atoms with Crippen LogP contribution in [-0.2, 0) is 11.9 Å². The van der Waals surface area contributed by atoms with Gasteiger partial charge in [-0.25, -0.2) is 4.39 Å². The highest BCUT2D eigenvalue weighted by molar-refractivity contribution is 9.08. The summed E-state index contributed by atoms with van der Waals surface area (Å²) >= 11 is 9.12. The molecule has 0 atom stereocenters. The van der Waals surface area contributed by atoms with Crippen molar-refractivity contribution in [1.29, 1.82) is 0 Å². The molecule has 0 heterocycles. The zero-order valence-electron chi connectivity index (χ0n) is 10.7. The molecular weight excluding hydrogens is 365 g/mol. The van der Waals surface area contributed by atoms with Crippen molar-refractivity contribution < 1.29 is 14.1 Å². The predicted octanol–water partition coefficient (Wildman–Crippen LogP) is 4.86. The van der Waals surface area contributed by atoms with E-state index in [1.807, 2.05) is 0 Å². The second-order valence-corrected chi connectivity index (χ2v) is 5.15. The number of rotatable bonds is 5. The highest BCUT2D eigenvalue weighted by Crippen LogP contribution is 2.30. The van der Waals surface area contributed by atoms with Crippen molar-refractivity contribution in [1.82, 2.24) is 0 Å². The van der Waals surface area contributed by atoms with Crippen LogP contribution < -0.4 is 4.74 Å². The van der Waals surface area contributed by atoms with E-state index in [9.17, 15) is 14.5 Å². The van der Waals surface area contributed by atoms with E-state index in [4.69, 9.17) is 16.3 Å². The maximum Gasteiger partial charge on any atom is 0.311 e. The molecule has 21 heavy (non-hydrogen) atoms. The first-order chi connectivity index (χ1) is 10.0. The largest absolute Gasteiger partial charge is 0.482 e. The molecule has 0 saturated carbocycles. The van der Waals surface area contributed by atoms with Crippen LogP contribution in [0.3, 0.4) is 0 Å². The van der Waals surface area contributed by atoms with Gasteiger partial charge in [-0.2, -0.15) is 0 Å². The maximum absolute atomic E-state index is 13.6. The second-order valence-electron chi connectivity index (χ2n) is 4.18. The number of alkyl halides is 1. The molecule has 0 aliphatic heterocycles. The maximum atomic E-state index is 13.6. The molecule has 7 heteroatoms. The number of halogens is 3. The Labute approximate surface area is 133 Å². The van der Waals surface area contributed by atoms with E-state index in [2.05, 4.69) is 15.9 Å². The van der Waals surface area contributed by atoms with Gasteiger partial charge >= 0.3 is 5.69 Å². The highest BCUT2D eigenvalue weighted by atomic mass is 79.9. The van der Waals surface area contributed by atoms with Crippen molar-refractivity contribution in [3.63, 3.8) is 0 Å². The van der Waals surface area contributed by atoms with E-state index in [1.165, 1.54) is 30.3 Å². The van der Waals surface area contributed by atoms with Crippen LogP contribution >= 0.6 is 27.5 Å². The Morgan fingerprint density at radius 3 is 2.71 bits per heavy atom.